The molecule has 0 amide bonds. The molecule has 100 valence electrons. The van der Waals surface area contributed by atoms with E-state index in [1.54, 1.807) is 6.20 Å². The lowest BCUT2D eigenvalue weighted by molar-refractivity contribution is 0.422. The fourth-order valence-corrected chi connectivity index (χ4v) is 4.37. The third-order valence-electron chi connectivity index (χ3n) is 2.83. The Bertz CT molecular complexity index is 537. The molecule has 3 heterocycles. The van der Waals surface area contributed by atoms with E-state index in [0.29, 0.717) is 23.4 Å². The molecule has 2 aromatic rings. The molecule has 1 aliphatic rings. The molecule has 1 fully saturated rings. The quantitative estimate of drug-likeness (QED) is 0.928. The first-order valence-corrected chi connectivity index (χ1v) is 8.25. The molecule has 1 aliphatic heterocycles. The van der Waals surface area contributed by atoms with Crippen LogP contribution >= 0.6 is 23.5 Å². The van der Waals surface area contributed by atoms with Crippen LogP contribution in [0.4, 0.5) is 0 Å². The Labute approximate surface area is 119 Å². The Morgan fingerprint density at radius 1 is 1.37 bits per heavy atom. The summed E-state index contributed by atoms with van der Waals surface area (Å²) in [6.07, 6.45) is 1.74. The zero-order valence-electron chi connectivity index (χ0n) is 10.3. The first kappa shape index (κ1) is 13.0. The van der Waals surface area contributed by atoms with Gasteiger partial charge < -0.3 is 10.3 Å². The van der Waals surface area contributed by atoms with Crippen molar-refractivity contribution >= 4 is 23.5 Å². The summed E-state index contributed by atoms with van der Waals surface area (Å²) in [7, 11) is 0. The highest BCUT2D eigenvalue weighted by molar-refractivity contribution is 8.06. The molecule has 0 bridgehead atoms. The Balaban J connectivity index is 1.79. The number of nitrogens with two attached hydrogens (primary N) is 1. The molecule has 19 heavy (non-hydrogen) atoms. The van der Waals surface area contributed by atoms with E-state index >= 15 is 0 Å². The molecule has 7 heteroatoms. The Morgan fingerprint density at radius 3 is 3.00 bits per heavy atom. The maximum Gasteiger partial charge on any atom is 0.276 e. The molecule has 0 saturated carbocycles. The van der Waals surface area contributed by atoms with Crippen molar-refractivity contribution in [1.29, 1.82) is 0 Å². The van der Waals surface area contributed by atoms with Gasteiger partial charge in [-0.1, -0.05) is 11.2 Å². The SMILES string of the molecule is NCc1ccc(-c2nc(C3CSCCS3)no2)nc1. The van der Waals surface area contributed by atoms with Crippen molar-refractivity contribution in [2.75, 3.05) is 17.3 Å². The van der Waals surface area contributed by atoms with Crippen LogP contribution in [-0.4, -0.2) is 32.4 Å². The average Bonchev–Trinajstić information content (AvgIpc) is 2.98. The van der Waals surface area contributed by atoms with E-state index in [1.807, 2.05) is 35.7 Å². The largest absolute Gasteiger partial charge is 0.332 e. The highest BCUT2D eigenvalue weighted by Crippen LogP contribution is 2.35. The van der Waals surface area contributed by atoms with Gasteiger partial charge in [-0.15, -0.1) is 11.8 Å². The standard InChI is InChI=1S/C12H14N4OS2/c13-5-8-1-2-9(14-6-8)12-15-11(16-17-12)10-7-18-3-4-19-10/h1-2,6,10H,3-5,7,13H2. The fourth-order valence-electron chi connectivity index (χ4n) is 1.78. The van der Waals surface area contributed by atoms with Crippen LogP contribution < -0.4 is 5.73 Å². The molecule has 0 aromatic carbocycles. The minimum absolute atomic E-state index is 0.333. The van der Waals surface area contributed by atoms with E-state index in [4.69, 9.17) is 10.3 Å². The third-order valence-corrected chi connectivity index (χ3v) is 5.58. The summed E-state index contributed by atoms with van der Waals surface area (Å²) < 4.78 is 5.30. The van der Waals surface area contributed by atoms with Crippen LogP contribution in [0.5, 0.6) is 0 Å². The number of hydrogen-bond donors (Lipinski definition) is 1. The molecular formula is C12H14N4OS2. The van der Waals surface area contributed by atoms with Gasteiger partial charge in [0, 0.05) is 30.0 Å². The second-order valence-electron chi connectivity index (χ2n) is 4.15. The lowest BCUT2D eigenvalue weighted by Crippen LogP contribution is -2.07. The first-order valence-electron chi connectivity index (χ1n) is 6.05. The van der Waals surface area contributed by atoms with Gasteiger partial charge >= 0.3 is 0 Å². The van der Waals surface area contributed by atoms with Crippen LogP contribution in [0.25, 0.3) is 11.6 Å². The van der Waals surface area contributed by atoms with E-state index in [2.05, 4.69) is 15.1 Å². The topological polar surface area (TPSA) is 77.8 Å². The van der Waals surface area contributed by atoms with Crippen LogP contribution in [0.3, 0.4) is 0 Å². The van der Waals surface area contributed by atoms with Gasteiger partial charge in [0.2, 0.25) is 0 Å². The van der Waals surface area contributed by atoms with Gasteiger partial charge in [0.05, 0.1) is 5.25 Å². The monoisotopic (exact) mass is 294 g/mol. The molecule has 1 saturated heterocycles. The predicted octanol–water partition coefficient (Wildman–Crippen LogP) is 2.11. The van der Waals surface area contributed by atoms with Gasteiger partial charge in [-0.25, -0.2) is 0 Å². The van der Waals surface area contributed by atoms with Gasteiger partial charge in [-0.3, -0.25) is 4.98 Å². The van der Waals surface area contributed by atoms with Gasteiger partial charge in [0.25, 0.3) is 5.89 Å². The number of pyridine rings is 1. The van der Waals surface area contributed by atoms with Gasteiger partial charge in [-0.2, -0.15) is 16.7 Å². The summed E-state index contributed by atoms with van der Waals surface area (Å²) in [5.41, 5.74) is 7.23. The second-order valence-corrected chi connectivity index (χ2v) is 6.61. The van der Waals surface area contributed by atoms with E-state index in [-0.39, 0.29) is 0 Å². The molecule has 0 aliphatic carbocycles. The van der Waals surface area contributed by atoms with Gasteiger partial charge in [-0.05, 0) is 11.6 Å². The summed E-state index contributed by atoms with van der Waals surface area (Å²) in [6, 6.07) is 3.79. The average molecular weight is 294 g/mol. The molecule has 0 radical (unpaired) electrons. The Hall–Kier alpha value is -1.05. The van der Waals surface area contributed by atoms with Crippen molar-refractivity contribution in [3.63, 3.8) is 0 Å². The van der Waals surface area contributed by atoms with E-state index in [0.717, 1.165) is 22.9 Å². The van der Waals surface area contributed by atoms with Gasteiger partial charge in [0.1, 0.15) is 5.69 Å². The zero-order valence-corrected chi connectivity index (χ0v) is 11.9. The van der Waals surface area contributed by atoms with E-state index < -0.39 is 0 Å². The van der Waals surface area contributed by atoms with Crippen molar-refractivity contribution in [3.8, 4) is 11.6 Å². The smallest absolute Gasteiger partial charge is 0.276 e. The number of hydrogen-bond acceptors (Lipinski definition) is 7. The molecule has 2 N–H and O–H groups in total. The summed E-state index contributed by atoms with van der Waals surface area (Å²) in [5.74, 6) is 4.64. The van der Waals surface area contributed by atoms with Crippen molar-refractivity contribution in [1.82, 2.24) is 15.1 Å². The number of thioether (sulfide) groups is 2. The van der Waals surface area contributed by atoms with Gasteiger partial charge in [0.15, 0.2) is 5.82 Å². The summed E-state index contributed by atoms with van der Waals surface area (Å²) in [5, 5.41) is 4.41. The number of nitrogens with zero attached hydrogens (tertiary/aromatic N) is 3. The van der Waals surface area contributed by atoms with Crippen molar-refractivity contribution in [3.05, 3.63) is 29.7 Å². The van der Waals surface area contributed by atoms with Crippen molar-refractivity contribution < 1.29 is 4.52 Å². The molecule has 5 nitrogen and oxygen atoms in total. The summed E-state index contributed by atoms with van der Waals surface area (Å²) in [4.78, 5) is 8.74. The lowest BCUT2D eigenvalue weighted by atomic mass is 10.2. The lowest BCUT2D eigenvalue weighted by Gasteiger charge is -2.16. The minimum Gasteiger partial charge on any atom is -0.332 e. The predicted molar refractivity (Wildman–Crippen MR) is 77.9 cm³/mol. The second kappa shape index (κ2) is 5.94. The Kier molecular flexibility index (Phi) is 4.05. The van der Waals surface area contributed by atoms with Crippen LogP contribution in [-0.2, 0) is 6.54 Å². The highest BCUT2D eigenvalue weighted by atomic mass is 32.2. The van der Waals surface area contributed by atoms with Crippen LogP contribution in [0, 0.1) is 0 Å². The normalized spacial score (nSPS) is 19.5. The minimum atomic E-state index is 0.333. The van der Waals surface area contributed by atoms with E-state index in [1.165, 1.54) is 5.75 Å². The Morgan fingerprint density at radius 2 is 2.32 bits per heavy atom. The maximum absolute atomic E-state index is 5.54. The van der Waals surface area contributed by atoms with Crippen LogP contribution in [0.1, 0.15) is 16.6 Å². The first-order chi connectivity index (χ1) is 9.36. The number of aromatic nitrogens is 3. The highest BCUT2D eigenvalue weighted by Gasteiger charge is 2.22. The number of rotatable bonds is 3. The molecule has 1 unspecified atom stereocenters. The molecule has 3 rings (SSSR count). The van der Waals surface area contributed by atoms with Crippen molar-refractivity contribution in [2.24, 2.45) is 5.73 Å². The zero-order chi connectivity index (χ0) is 13.1. The maximum atomic E-state index is 5.54. The van der Waals surface area contributed by atoms with Crippen molar-refractivity contribution in [2.45, 2.75) is 11.8 Å². The molecule has 0 spiro atoms. The molecule has 1 atom stereocenters. The molecular weight excluding hydrogens is 280 g/mol. The third kappa shape index (κ3) is 2.93. The van der Waals surface area contributed by atoms with E-state index in [9.17, 15) is 0 Å². The van der Waals surface area contributed by atoms with Crippen LogP contribution in [0.15, 0.2) is 22.9 Å². The summed E-state index contributed by atoms with van der Waals surface area (Å²) in [6.45, 7) is 0.484. The van der Waals surface area contributed by atoms with Crippen LogP contribution in [0.2, 0.25) is 0 Å². The molecule has 2 aromatic heterocycles. The fraction of sp³-hybridized carbons (Fsp3) is 0.417. The summed E-state index contributed by atoms with van der Waals surface area (Å²) >= 11 is 3.82.